The van der Waals surface area contributed by atoms with Gasteiger partial charge in [0.2, 0.25) is 0 Å². The maximum Gasteiger partial charge on any atom is 0.325 e. The van der Waals surface area contributed by atoms with E-state index in [0.717, 1.165) is 21.6 Å². The van der Waals surface area contributed by atoms with Crippen molar-refractivity contribution in [2.45, 2.75) is 18.7 Å². The number of benzene rings is 2. The number of para-hydroxylation sites is 1. The van der Waals surface area contributed by atoms with Crippen molar-refractivity contribution in [3.05, 3.63) is 58.0 Å². The highest BCUT2D eigenvalue weighted by Gasteiger charge is 2.30. The van der Waals surface area contributed by atoms with E-state index in [9.17, 15) is 14.7 Å². The number of phenolic OH excluding ortho intramolecular Hbond substituents is 1. The molecule has 0 radical (unpaired) electrons. The zero-order valence-corrected chi connectivity index (χ0v) is 15.6. The topological polar surface area (TPSA) is 66.8 Å². The molecule has 6 heteroatoms. The summed E-state index contributed by atoms with van der Waals surface area (Å²) in [6.07, 6.45) is 1.78. The Bertz CT molecular complexity index is 897. The Hall–Kier alpha value is -2.73. The van der Waals surface area contributed by atoms with Crippen molar-refractivity contribution in [3.8, 4) is 5.75 Å². The number of anilines is 1. The lowest BCUT2D eigenvalue weighted by molar-refractivity contribution is -0.139. The van der Waals surface area contributed by atoms with Gasteiger partial charge < -0.3 is 9.84 Å². The molecule has 0 unspecified atom stereocenters. The number of methoxy groups -OCH3 is 1. The molecule has 2 aromatic rings. The fraction of sp³-hybridized carbons (Fsp3) is 0.200. The lowest BCUT2D eigenvalue weighted by atomic mass is 10.1. The zero-order chi connectivity index (χ0) is 18.8. The maximum atomic E-state index is 13.0. The summed E-state index contributed by atoms with van der Waals surface area (Å²) >= 11 is 1.37. The van der Waals surface area contributed by atoms with E-state index in [4.69, 9.17) is 4.74 Å². The summed E-state index contributed by atoms with van der Waals surface area (Å²) in [5.41, 5.74) is 3.02. The quantitative estimate of drug-likeness (QED) is 0.661. The molecule has 0 saturated heterocycles. The summed E-state index contributed by atoms with van der Waals surface area (Å²) in [7, 11) is 1.30. The summed E-state index contributed by atoms with van der Waals surface area (Å²) in [6.45, 7) is 3.50. The molecule has 0 aliphatic carbocycles. The van der Waals surface area contributed by atoms with Crippen LogP contribution in [0.4, 0.5) is 5.69 Å². The molecule has 134 valence electrons. The third kappa shape index (κ3) is 3.46. The van der Waals surface area contributed by atoms with Gasteiger partial charge in [0.1, 0.15) is 12.3 Å². The minimum absolute atomic E-state index is 0.141. The Morgan fingerprint density at radius 1 is 1.23 bits per heavy atom. The Labute approximate surface area is 156 Å². The highest BCUT2D eigenvalue weighted by molar-refractivity contribution is 8.04. The molecular formula is C20H19NO4S. The fourth-order valence-electron chi connectivity index (χ4n) is 2.84. The molecule has 1 aliphatic rings. The van der Waals surface area contributed by atoms with E-state index in [1.54, 1.807) is 6.08 Å². The number of hydrogen-bond donors (Lipinski definition) is 1. The van der Waals surface area contributed by atoms with E-state index in [1.807, 2.05) is 50.2 Å². The lowest BCUT2D eigenvalue weighted by Crippen LogP contribution is -2.38. The van der Waals surface area contributed by atoms with Gasteiger partial charge in [0.25, 0.3) is 5.91 Å². The van der Waals surface area contributed by atoms with Gasteiger partial charge in [-0.05, 0) is 60.9 Å². The van der Waals surface area contributed by atoms with Crippen molar-refractivity contribution < 1.29 is 19.4 Å². The van der Waals surface area contributed by atoms with Crippen LogP contribution in [0.1, 0.15) is 16.7 Å². The maximum absolute atomic E-state index is 13.0. The van der Waals surface area contributed by atoms with Gasteiger partial charge in [-0.15, -0.1) is 0 Å². The third-order valence-electron chi connectivity index (χ3n) is 4.16. The van der Waals surface area contributed by atoms with E-state index in [0.29, 0.717) is 10.6 Å². The molecule has 0 saturated carbocycles. The van der Waals surface area contributed by atoms with Crippen molar-refractivity contribution in [1.82, 2.24) is 0 Å². The van der Waals surface area contributed by atoms with Crippen molar-refractivity contribution in [2.24, 2.45) is 0 Å². The van der Waals surface area contributed by atoms with Gasteiger partial charge >= 0.3 is 5.97 Å². The first-order valence-electron chi connectivity index (χ1n) is 8.08. The monoisotopic (exact) mass is 369 g/mol. The second-order valence-electron chi connectivity index (χ2n) is 6.05. The first-order valence-corrected chi connectivity index (χ1v) is 8.90. The predicted molar refractivity (Wildman–Crippen MR) is 102 cm³/mol. The Balaban J connectivity index is 2.04. The molecule has 26 heavy (non-hydrogen) atoms. The first-order chi connectivity index (χ1) is 12.4. The number of hydrogen-bond acceptors (Lipinski definition) is 5. The van der Waals surface area contributed by atoms with Gasteiger partial charge in [0.05, 0.1) is 17.7 Å². The smallest absolute Gasteiger partial charge is 0.325 e. The van der Waals surface area contributed by atoms with Gasteiger partial charge in [-0.25, -0.2) is 0 Å². The van der Waals surface area contributed by atoms with E-state index in [1.165, 1.54) is 23.8 Å². The molecule has 3 rings (SSSR count). The number of ether oxygens (including phenoxy) is 1. The van der Waals surface area contributed by atoms with Gasteiger partial charge in [-0.3, -0.25) is 14.5 Å². The number of phenols is 1. The average Bonchev–Trinajstić information content (AvgIpc) is 2.62. The SMILES string of the molecule is COC(=O)CN1C(=O)/C(=C/c2cc(C)c(O)c(C)c2)Sc2ccccc21. The van der Waals surface area contributed by atoms with E-state index < -0.39 is 5.97 Å². The van der Waals surface area contributed by atoms with Crippen molar-refractivity contribution >= 4 is 35.4 Å². The Morgan fingerprint density at radius 2 is 1.88 bits per heavy atom. The minimum atomic E-state index is -0.476. The number of fused-ring (bicyclic) bond motifs is 1. The van der Waals surface area contributed by atoms with E-state index >= 15 is 0 Å². The number of thioether (sulfide) groups is 1. The molecule has 1 N–H and O–H groups in total. The number of rotatable bonds is 3. The highest BCUT2D eigenvalue weighted by atomic mass is 32.2. The second-order valence-corrected chi connectivity index (χ2v) is 7.13. The minimum Gasteiger partial charge on any atom is -0.507 e. The number of nitrogens with zero attached hydrogens (tertiary/aromatic N) is 1. The molecule has 0 spiro atoms. The zero-order valence-electron chi connectivity index (χ0n) is 14.8. The van der Waals surface area contributed by atoms with Crippen LogP contribution in [0, 0.1) is 13.8 Å². The number of aryl methyl sites for hydroxylation is 2. The Kier molecular flexibility index (Phi) is 5.04. The summed E-state index contributed by atoms with van der Waals surface area (Å²) in [4.78, 5) is 27.6. The lowest BCUT2D eigenvalue weighted by Gasteiger charge is -2.29. The number of esters is 1. The van der Waals surface area contributed by atoms with Crippen LogP contribution in [0.15, 0.2) is 46.2 Å². The van der Waals surface area contributed by atoms with Crippen LogP contribution >= 0.6 is 11.8 Å². The number of aromatic hydroxyl groups is 1. The van der Waals surface area contributed by atoms with Crippen LogP contribution in [0.2, 0.25) is 0 Å². The molecular weight excluding hydrogens is 350 g/mol. The number of carbonyl (C=O) groups excluding carboxylic acids is 2. The number of carbonyl (C=O) groups is 2. The van der Waals surface area contributed by atoms with E-state index in [-0.39, 0.29) is 18.2 Å². The van der Waals surface area contributed by atoms with Crippen LogP contribution in [-0.2, 0) is 14.3 Å². The second kappa shape index (κ2) is 7.25. The largest absolute Gasteiger partial charge is 0.507 e. The van der Waals surface area contributed by atoms with Crippen molar-refractivity contribution in [3.63, 3.8) is 0 Å². The molecule has 5 nitrogen and oxygen atoms in total. The summed E-state index contributed by atoms with van der Waals surface area (Å²) in [5.74, 6) is -0.467. The average molecular weight is 369 g/mol. The molecule has 1 amide bonds. The van der Waals surface area contributed by atoms with Crippen LogP contribution < -0.4 is 4.90 Å². The molecule has 0 aromatic heterocycles. The van der Waals surface area contributed by atoms with E-state index in [2.05, 4.69) is 0 Å². The molecule has 2 aromatic carbocycles. The summed E-state index contributed by atoms with van der Waals surface area (Å²) < 4.78 is 4.73. The first kappa shape index (κ1) is 18.1. The van der Waals surface area contributed by atoms with Crippen molar-refractivity contribution in [2.75, 3.05) is 18.6 Å². The van der Waals surface area contributed by atoms with Gasteiger partial charge in [0, 0.05) is 4.90 Å². The van der Waals surface area contributed by atoms with Gasteiger partial charge in [-0.2, -0.15) is 0 Å². The number of amides is 1. The standard InChI is InChI=1S/C20H19NO4S/c1-12-8-14(9-13(2)19(12)23)10-17-20(24)21(11-18(22)25-3)15-6-4-5-7-16(15)26-17/h4-10,23H,11H2,1-3H3/b17-10-. The summed E-state index contributed by atoms with van der Waals surface area (Å²) in [6, 6.07) is 11.1. The highest BCUT2D eigenvalue weighted by Crippen LogP contribution is 2.42. The van der Waals surface area contributed by atoms with Gasteiger partial charge in [-0.1, -0.05) is 23.9 Å². The molecule has 0 fully saturated rings. The summed E-state index contributed by atoms with van der Waals surface area (Å²) in [5, 5.41) is 9.93. The van der Waals surface area contributed by atoms with Crippen molar-refractivity contribution in [1.29, 1.82) is 0 Å². The molecule has 1 aliphatic heterocycles. The molecule has 0 atom stereocenters. The normalized spacial score (nSPS) is 15.1. The van der Waals surface area contributed by atoms with Gasteiger partial charge in [0.15, 0.2) is 0 Å². The van der Waals surface area contributed by atoms with Crippen LogP contribution in [0.5, 0.6) is 5.75 Å². The van der Waals surface area contributed by atoms with Crippen LogP contribution in [-0.4, -0.2) is 30.6 Å². The fourth-order valence-corrected chi connectivity index (χ4v) is 3.90. The molecule has 0 bridgehead atoms. The predicted octanol–water partition coefficient (Wildman–Crippen LogP) is 3.66. The Morgan fingerprint density at radius 3 is 2.54 bits per heavy atom. The van der Waals surface area contributed by atoms with Crippen LogP contribution in [0.3, 0.4) is 0 Å². The van der Waals surface area contributed by atoms with Crippen LogP contribution in [0.25, 0.3) is 6.08 Å². The third-order valence-corrected chi connectivity index (χ3v) is 5.24. The molecule has 1 heterocycles.